The number of hydrogen-bond donors (Lipinski definition) is 1. The molecule has 2 aromatic rings. The van der Waals surface area contributed by atoms with Crippen molar-refractivity contribution in [2.45, 2.75) is 25.8 Å². The van der Waals surface area contributed by atoms with Gasteiger partial charge in [0.1, 0.15) is 17.4 Å². The maximum Gasteiger partial charge on any atom is 0.413 e. The molecule has 4 rings (SSSR count). The molecule has 0 radical (unpaired) electrons. The molecule has 0 spiro atoms. The van der Waals surface area contributed by atoms with Gasteiger partial charge in [-0.05, 0) is 12.5 Å². The molecule has 0 aliphatic carbocycles. The monoisotopic (exact) mass is 374 g/mol. The molecule has 27 heavy (non-hydrogen) atoms. The van der Waals surface area contributed by atoms with Crippen molar-refractivity contribution < 1.29 is 27.8 Å². The zero-order valence-corrected chi connectivity index (χ0v) is 14.4. The number of fused-ring (bicyclic) bond motifs is 2. The Morgan fingerprint density at radius 2 is 1.96 bits per heavy atom. The molecule has 0 aromatic heterocycles. The summed E-state index contributed by atoms with van der Waals surface area (Å²) in [6.07, 6.45) is -2.16. The standard InChI is InChI=1S/C19H16F2N2O4/c1-9(24)10-2-4-11(5-3-10)16-13(20)6-14-12(17(16)21)8-23-18(26-14)15(7-22)27-19(23)25/h2-6,15,18H,7-8,22H2,1H3/t15-,18-/m0/s1. The third-order valence-electron chi connectivity index (χ3n) is 4.78. The van der Waals surface area contributed by atoms with Gasteiger partial charge < -0.3 is 15.2 Å². The van der Waals surface area contributed by atoms with E-state index in [0.717, 1.165) is 6.07 Å². The van der Waals surface area contributed by atoms with Crippen LogP contribution in [0.4, 0.5) is 13.6 Å². The first-order chi connectivity index (χ1) is 12.9. The Bertz CT molecular complexity index is 946. The van der Waals surface area contributed by atoms with Gasteiger partial charge in [-0.1, -0.05) is 24.3 Å². The van der Waals surface area contributed by atoms with Crippen LogP contribution in [0.25, 0.3) is 11.1 Å². The molecule has 2 aromatic carbocycles. The van der Waals surface area contributed by atoms with E-state index in [1.54, 1.807) is 0 Å². The van der Waals surface area contributed by atoms with Gasteiger partial charge in [0.2, 0.25) is 6.23 Å². The van der Waals surface area contributed by atoms with Crippen molar-refractivity contribution in [3.63, 3.8) is 0 Å². The molecule has 2 aliphatic rings. The summed E-state index contributed by atoms with van der Waals surface area (Å²) >= 11 is 0. The van der Waals surface area contributed by atoms with Gasteiger partial charge in [-0.2, -0.15) is 0 Å². The first-order valence-electron chi connectivity index (χ1n) is 8.37. The van der Waals surface area contributed by atoms with Crippen LogP contribution in [0.3, 0.4) is 0 Å². The molecule has 0 bridgehead atoms. The predicted octanol–water partition coefficient (Wildman–Crippen LogP) is 2.83. The van der Waals surface area contributed by atoms with E-state index in [1.165, 1.54) is 36.1 Å². The maximum absolute atomic E-state index is 15.1. The zero-order chi connectivity index (χ0) is 19.3. The summed E-state index contributed by atoms with van der Waals surface area (Å²) in [5, 5.41) is 0. The highest BCUT2D eigenvalue weighted by Gasteiger charge is 2.46. The lowest BCUT2D eigenvalue weighted by atomic mass is 9.98. The largest absolute Gasteiger partial charge is 0.466 e. The number of carbonyl (C=O) groups excluding carboxylic acids is 2. The van der Waals surface area contributed by atoms with Crippen LogP contribution < -0.4 is 10.5 Å². The Labute approximate surface area is 153 Å². The van der Waals surface area contributed by atoms with E-state index >= 15 is 4.39 Å². The Hall–Kier alpha value is -3.00. The number of benzene rings is 2. The fraction of sp³-hybridized carbons (Fsp3) is 0.263. The third kappa shape index (κ3) is 2.73. The second-order valence-electron chi connectivity index (χ2n) is 6.45. The van der Waals surface area contributed by atoms with Crippen LogP contribution in [0.2, 0.25) is 0 Å². The second-order valence-corrected chi connectivity index (χ2v) is 6.45. The number of hydrogen-bond acceptors (Lipinski definition) is 5. The molecule has 2 aliphatic heterocycles. The van der Waals surface area contributed by atoms with Gasteiger partial charge in [-0.15, -0.1) is 0 Å². The number of cyclic esters (lactones) is 1. The minimum absolute atomic E-state index is 0.0205. The summed E-state index contributed by atoms with van der Waals surface area (Å²) in [6, 6.07) is 7.07. The smallest absolute Gasteiger partial charge is 0.413 e. The van der Waals surface area contributed by atoms with Crippen molar-refractivity contribution >= 4 is 11.9 Å². The molecule has 1 amide bonds. The van der Waals surface area contributed by atoms with Gasteiger partial charge in [0.05, 0.1) is 17.7 Å². The van der Waals surface area contributed by atoms with Gasteiger partial charge in [0.25, 0.3) is 0 Å². The van der Waals surface area contributed by atoms with Gasteiger partial charge >= 0.3 is 6.09 Å². The highest BCUT2D eigenvalue weighted by Crippen LogP contribution is 2.40. The molecule has 8 heteroatoms. The van der Waals surface area contributed by atoms with Crippen molar-refractivity contribution in [3.8, 4) is 16.9 Å². The Kier molecular flexibility index (Phi) is 4.07. The molecule has 1 saturated heterocycles. The first-order valence-corrected chi connectivity index (χ1v) is 8.37. The number of halogens is 2. The molecule has 6 nitrogen and oxygen atoms in total. The SMILES string of the molecule is CC(=O)c1ccc(-c2c(F)cc3c(c2F)CN2C(=O)O[C@@H](CN)[C@@H]2O3)cc1. The van der Waals surface area contributed by atoms with Crippen LogP contribution in [0.15, 0.2) is 30.3 Å². The summed E-state index contributed by atoms with van der Waals surface area (Å²) in [5.41, 5.74) is 6.10. The van der Waals surface area contributed by atoms with E-state index in [1.807, 2.05) is 0 Å². The Morgan fingerprint density at radius 1 is 1.26 bits per heavy atom. The van der Waals surface area contributed by atoms with Crippen LogP contribution >= 0.6 is 0 Å². The highest BCUT2D eigenvalue weighted by atomic mass is 19.1. The fourth-order valence-corrected chi connectivity index (χ4v) is 3.35. The molecular weight excluding hydrogens is 358 g/mol. The molecule has 0 unspecified atom stereocenters. The van der Waals surface area contributed by atoms with E-state index in [2.05, 4.69) is 0 Å². The van der Waals surface area contributed by atoms with Crippen molar-refractivity contribution in [2.24, 2.45) is 5.73 Å². The maximum atomic E-state index is 15.1. The Balaban J connectivity index is 1.77. The molecule has 2 N–H and O–H groups in total. The summed E-state index contributed by atoms with van der Waals surface area (Å²) in [6.45, 7) is 1.33. The molecule has 2 atom stereocenters. The summed E-state index contributed by atoms with van der Waals surface area (Å²) in [7, 11) is 0. The number of Topliss-reactive ketones (excluding diaryl/α,β-unsaturated/α-hetero) is 1. The molecule has 0 saturated carbocycles. The average Bonchev–Trinajstić information content (AvgIpc) is 2.96. The number of rotatable bonds is 3. The topological polar surface area (TPSA) is 81.9 Å². The van der Waals surface area contributed by atoms with Crippen LogP contribution in [-0.2, 0) is 11.3 Å². The van der Waals surface area contributed by atoms with Crippen molar-refractivity contribution in [2.75, 3.05) is 6.54 Å². The van der Waals surface area contributed by atoms with Crippen LogP contribution in [-0.4, -0.2) is 35.7 Å². The van der Waals surface area contributed by atoms with E-state index in [9.17, 15) is 14.0 Å². The van der Waals surface area contributed by atoms with Crippen LogP contribution in [0.5, 0.6) is 5.75 Å². The minimum Gasteiger partial charge on any atom is -0.466 e. The number of carbonyl (C=O) groups is 2. The first kappa shape index (κ1) is 17.4. The number of ether oxygens (including phenoxy) is 2. The van der Waals surface area contributed by atoms with Gasteiger partial charge in [0.15, 0.2) is 11.9 Å². The van der Waals surface area contributed by atoms with Crippen LogP contribution in [0.1, 0.15) is 22.8 Å². The highest BCUT2D eigenvalue weighted by molar-refractivity contribution is 5.94. The van der Waals surface area contributed by atoms with Gasteiger partial charge in [0, 0.05) is 18.2 Å². The predicted molar refractivity (Wildman–Crippen MR) is 91.1 cm³/mol. The minimum atomic E-state index is -0.817. The Morgan fingerprint density at radius 3 is 2.59 bits per heavy atom. The molecule has 2 heterocycles. The summed E-state index contributed by atoms with van der Waals surface area (Å²) in [4.78, 5) is 24.6. The average molecular weight is 374 g/mol. The van der Waals surface area contributed by atoms with E-state index in [0.29, 0.717) is 5.56 Å². The molecular formula is C19H16F2N2O4. The van der Waals surface area contributed by atoms with Gasteiger partial charge in [-0.25, -0.2) is 13.6 Å². The zero-order valence-electron chi connectivity index (χ0n) is 14.4. The summed E-state index contributed by atoms with van der Waals surface area (Å²) in [5.74, 6) is -1.74. The lowest BCUT2D eigenvalue weighted by molar-refractivity contribution is 0.0206. The number of amides is 1. The normalized spacial score (nSPS) is 20.6. The fourth-order valence-electron chi connectivity index (χ4n) is 3.35. The number of nitrogens with zero attached hydrogens (tertiary/aromatic N) is 1. The van der Waals surface area contributed by atoms with E-state index in [-0.39, 0.29) is 41.3 Å². The number of nitrogens with two attached hydrogens (primary N) is 1. The van der Waals surface area contributed by atoms with E-state index < -0.39 is 30.1 Å². The second kappa shape index (κ2) is 6.31. The van der Waals surface area contributed by atoms with Crippen molar-refractivity contribution in [3.05, 3.63) is 53.1 Å². The lowest BCUT2D eigenvalue weighted by Crippen LogP contribution is -2.46. The van der Waals surface area contributed by atoms with Crippen molar-refractivity contribution in [1.29, 1.82) is 0 Å². The summed E-state index contributed by atoms with van der Waals surface area (Å²) < 4.78 is 40.5. The lowest BCUT2D eigenvalue weighted by Gasteiger charge is -2.32. The quantitative estimate of drug-likeness (QED) is 0.836. The third-order valence-corrected chi connectivity index (χ3v) is 4.78. The van der Waals surface area contributed by atoms with Gasteiger partial charge in [-0.3, -0.25) is 9.69 Å². The molecule has 140 valence electrons. The van der Waals surface area contributed by atoms with E-state index in [4.69, 9.17) is 15.2 Å². The molecule has 1 fully saturated rings. The van der Waals surface area contributed by atoms with Crippen molar-refractivity contribution in [1.82, 2.24) is 4.90 Å². The number of ketones is 1. The van der Waals surface area contributed by atoms with Crippen LogP contribution in [0, 0.1) is 11.6 Å².